The van der Waals surface area contributed by atoms with E-state index in [0.29, 0.717) is 57.6 Å². The fourth-order valence-electron chi connectivity index (χ4n) is 4.96. The van der Waals surface area contributed by atoms with Crippen LogP contribution in [0.3, 0.4) is 0 Å². The maximum atomic E-state index is 13.1. The van der Waals surface area contributed by atoms with Crippen LogP contribution in [0, 0.1) is 0 Å². The molecule has 2 heterocycles. The number of carbonyl (C=O) groups excluding carboxylic acids is 4. The molecule has 4 aromatic rings. The van der Waals surface area contributed by atoms with Gasteiger partial charge in [0.05, 0.1) is 16.6 Å². The number of rotatable bonds is 9. The summed E-state index contributed by atoms with van der Waals surface area (Å²) >= 11 is 6.52. The number of carbonyl (C=O) groups is 4. The molecule has 0 radical (unpaired) electrons. The van der Waals surface area contributed by atoms with Gasteiger partial charge in [-0.25, -0.2) is 0 Å². The quantitative estimate of drug-likeness (QED) is 0.225. The number of hydrogen-bond acceptors (Lipinski definition) is 5. The molecule has 3 N–H and O–H groups in total. The van der Waals surface area contributed by atoms with Crippen molar-refractivity contribution in [2.24, 2.45) is 0 Å². The minimum absolute atomic E-state index is 0.0958. The van der Waals surface area contributed by atoms with Crippen molar-refractivity contribution in [1.29, 1.82) is 0 Å². The van der Waals surface area contributed by atoms with Crippen LogP contribution in [0.2, 0.25) is 5.02 Å². The Bertz CT molecular complexity index is 1630. The maximum Gasteiger partial charge on any atom is 0.259 e. The van der Waals surface area contributed by atoms with Gasteiger partial charge in [-0.2, -0.15) is 0 Å². The zero-order valence-electron chi connectivity index (χ0n) is 20.9. The van der Waals surface area contributed by atoms with Crippen molar-refractivity contribution >= 4 is 63.2 Å². The second kappa shape index (κ2) is 10.3. The van der Waals surface area contributed by atoms with Crippen molar-refractivity contribution in [1.82, 2.24) is 20.1 Å². The number of nitrogens with zero attached hydrogens (tertiary/aromatic N) is 2. The maximum absolute atomic E-state index is 13.1. The van der Waals surface area contributed by atoms with E-state index in [1.807, 2.05) is 41.8 Å². The number of nitrogens with one attached hydrogen (secondary N) is 3. The Kier molecular flexibility index (Phi) is 6.88. The van der Waals surface area contributed by atoms with Gasteiger partial charge >= 0.3 is 0 Å². The Balaban J connectivity index is 1.73. The van der Waals surface area contributed by atoms with Gasteiger partial charge in [-0.3, -0.25) is 24.5 Å². The molecule has 0 saturated carbocycles. The number of aryl methyl sites for hydroxylation is 1. The van der Waals surface area contributed by atoms with Crippen molar-refractivity contribution in [3.8, 4) is 11.1 Å². The third-order valence-electron chi connectivity index (χ3n) is 6.67. The highest BCUT2D eigenvalue weighted by molar-refractivity contribution is 6.36. The van der Waals surface area contributed by atoms with Crippen molar-refractivity contribution in [2.45, 2.75) is 13.0 Å². The Morgan fingerprint density at radius 2 is 1.79 bits per heavy atom. The number of hydrogen-bond donors (Lipinski definition) is 3. The number of imide groups is 1. The summed E-state index contributed by atoms with van der Waals surface area (Å²) in [6.45, 7) is 1.60. The molecule has 3 aromatic carbocycles. The zero-order valence-corrected chi connectivity index (χ0v) is 21.7. The predicted octanol–water partition coefficient (Wildman–Crippen LogP) is 3.63. The molecule has 0 bridgehead atoms. The smallest absolute Gasteiger partial charge is 0.259 e. The number of benzene rings is 3. The van der Waals surface area contributed by atoms with Crippen molar-refractivity contribution in [3.05, 3.63) is 64.7 Å². The molecule has 9 nitrogen and oxygen atoms in total. The molecule has 0 fully saturated rings. The van der Waals surface area contributed by atoms with Crippen LogP contribution in [0.5, 0.6) is 0 Å². The second-order valence-corrected chi connectivity index (χ2v) is 9.79. The van der Waals surface area contributed by atoms with E-state index in [-0.39, 0.29) is 23.5 Å². The van der Waals surface area contributed by atoms with Crippen molar-refractivity contribution < 1.29 is 19.2 Å². The highest BCUT2D eigenvalue weighted by Gasteiger charge is 2.35. The summed E-state index contributed by atoms with van der Waals surface area (Å²) in [5.41, 5.74) is 3.66. The SMILES string of the molecule is CN(C)CCNC(=O)CCn1c2ccc(NC=O)cc2c2c3c(c(-c4ccccc4Cl)cc21)C(=O)NC3=O. The predicted molar refractivity (Wildman–Crippen MR) is 148 cm³/mol. The summed E-state index contributed by atoms with van der Waals surface area (Å²) in [7, 11) is 3.88. The summed E-state index contributed by atoms with van der Waals surface area (Å²) < 4.78 is 1.97. The lowest BCUT2D eigenvalue weighted by Gasteiger charge is -2.13. The second-order valence-electron chi connectivity index (χ2n) is 9.38. The van der Waals surface area contributed by atoms with Crippen molar-refractivity contribution in [2.75, 3.05) is 32.5 Å². The van der Waals surface area contributed by atoms with E-state index in [0.717, 1.165) is 12.1 Å². The van der Waals surface area contributed by atoms with Gasteiger partial charge < -0.3 is 20.1 Å². The van der Waals surface area contributed by atoms with Gasteiger partial charge in [-0.05, 0) is 50.0 Å². The summed E-state index contributed by atoms with van der Waals surface area (Å²) in [5, 5.41) is 9.72. The van der Waals surface area contributed by atoms with E-state index in [1.165, 1.54) is 0 Å². The molecule has 0 aliphatic carbocycles. The van der Waals surface area contributed by atoms with Crippen LogP contribution in [0.15, 0.2) is 48.5 Å². The van der Waals surface area contributed by atoms with Gasteiger partial charge in [0.15, 0.2) is 0 Å². The molecule has 0 saturated heterocycles. The fraction of sp³-hybridized carbons (Fsp3) is 0.214. The van der Waals surface area contributed by atoms with Crippen molar-refractivity contribution in [3.63, 3.8) is 0 Å². The van der Waals surface area contributed by atoms with Crippen LogP contribution in [0.4, 0.5) is 5.69 Å². The molecule has 5 rings (SSSR count). The lowest BCUT2D eigenvalue weighted by molar-refractivity contribution is -0.121. The fourth-order valence-corrected chi connectivity index (χ4v) is 5.20. The number of anilines is 1. The molecule has 194 valence electrons. The molecular formula is C28H26ClN5O4. The number of amides is 4. The van der Waals surface area contributed by atoms with Crippen LogP contribution in [0.25, 0.3) is 32.9 Å². The van der Waals surface area contributed by atoms with E-state index in [1.54, 1.807) is 30.3 Å². The Morgan fingerprint density at radius 1 is 1.03 bits per heavy atom. The molecule has 0 spiro atoms. The first kappa shape index (κ1) is 25.4. The summed E-state index contributed by atoms with van der Waals surface area (Å²) in [4.78, 5) is 51.9. The molecule has 0 unspecified atom stereocenters. The Hall–Kier alpha value is -4.21. The highest BCUT2D eigenvalue weighted by atomic mass is 35.5. The van der Waals surface area contributed by atoms with Gasteiger partial charge in [0.25, 0.3) is 11.8 Å². The van der Waals surface area contributed by atoms with E-state index in [9.17, 15) is 19.2 Å². The number of halogens is 1. The first-order chi connectivity index (χ1) is 18.3. The first-order valence-electron chi connectivity index (χ1n) is 12.1. The van der Waals surface area contributed by atoms with Gasteiger partial charge in [0.1, 0.15) is 0 Å². The van der Waals surface area contributed by atoms with Crippen LogP contribution >= 0.6 is 11.6 Å². The molecule has 1 aliphatic rings. The first-order valence-corrected chi connectivity index (χ1v) is 12.5. The standard InChI is InChI=1S/C28H26ClN5O4/c1-33(2)12-10-30-23(36)9-11-34-21-8-7-16(31-15-35)13-19(21)24-22(34)14-18(17-5-3-4-6-20(17)29)25-26(24)28(38)32-27(25)37/h3-8,13-15H,9-12H2,1-2H3,(H,30,36)(H,31,35)(H,32,37,38). The molecule has 4 amide bonds. The Labute approximate surface area is 223 Å². The lowest BCUT2D eigenvalue weighted by atomic mass is 9.93. The summed E-state index contributed by atoms with van der Waals surface area (Å²) in [6.07, 6.45) is 0.791. The lowest BCUT2D eigenvalue weighted by Crippen LogP contribution is -2.31. The van der Waals surface area contributed by atoms with E-state index in [2.05, 4.69) is 16.0 Å². The molecule has 0 atom stereocenters. The van der Waals surface area contributed by atoms with Crippen LogP contribution in [-0.2, 0) is 16.1 Å². The van der Waals surface area contributed by atoms with Gasteiger partial charge in [0, 0.05) is 58.6 Å². The zero-order chi connectivity index (χ0) is 27.0. The van der Waals surface area contributed by atoms with Crippen LogP contribution in [-0.4, -0.2) is 60.8 Å². The van der Waals surface area contributed by atoms with Gasteiger partial charge in [-0.15, -0.1) is 0 Å². The van der Waals surface area contributed by atoms with Gasteiger partial charge in [-0.1, -0.05) is 29.8 Å². The average molecular weight is 532 g/mol. The molecule has 1 aromatic heterocycles. The summed E-state index contributed by atoms with van der Waals surface area (Å²) in [5.74, 6) is -1.09. The minimum atomic E-state index is -0.502. The van der Waals surface area contributed by atoms with E-state index in [4.69, 9.17) is 11.6 Å². The Morgan fingerprint density at radius 3 is 2.53 bits per heavy atom. The van der Waals surface area contributed by atoms with E-state index >= 15 is 0 Å². The third kappa shape index (κ3) is 4.51. The van der Waals surface area contributed by atoms with E-state index < -0.39 is 11.8 Å². The number of likely N-dealkylation sites (N-methyl/N-ethyl adjacent to an activating group) is 1. The average Bonchev–Trinajstić information content (AvgIpc) is 3.35. The molecular weight excluding hydrogens is 506 g/mol. The molecule has 1 aliphatic heterocycles. The monoisotopic (exact) mass is 531 g/mol. The number of aromatic nitrogens is 1. The number of fused-ring (bicyclic) bond motifs is 5. The van der Waals surface area contributed by atoms with Gasteiger partial charge in [0.2, 0.25) is 12.3 Å². The molecule has 38 heavy (non-hydrogen) atoms. The largest absolute Gasteiger partial charge is 0.355 e. The van der Waals surface area contributed by atoms with Crippen LogP contribution in [0.1, 0.15) is 27.1 Å². The summed E-state index contributed by atoms with van der Waals surface area (Å²) in [6, 6.07) is 14.4. The third-order valence-corrected chi connectivity index (χ3v) is 7.00. The topological polar surface area (TPSA) is 113 Å². The normalized spacial score (nSPS) is 12.7. The minimum Gasteiger partial charge on any atom is -0.355 e. The highest BCUT2D eigenvalue weighted by Crippen LogP contribution is 2.42. The molecule has 10 heteroatoms. The van der Waals surface area contributed by atoms with Crippen LogP contribution < -0.4 is 16.0 Å².